The number of hydrogen-bond donors (Lipinski definition) is 1. The molecular formula is C15H27N5. The van der Waals surface area contributed by atoms with Gasteiger partial charge in [0.2, 0.25) is 0 Å². The minimum absolute atomic E-state index is 0.586. The fourth-order valence-corrected chi connectivity index (χ4v) is 3.04. The summed E-state index contributed by atoms with van der Waals surface area (Å²) in [5, 5.41) is 3.17. The summed E-state index contributed by atoms with van der Waals surface area (Å²) in [6.07, 6.45) is 5.04. The van der Waals surface area contributed by atoms with Crippen LogP contribution >= 0.6 is 0 Å². The zero-order valence-corrected chi connectivity index (χ0v) is 13.2. The smallest absolute Gasteiger partial charge is 0.137 e. The van der Waals surface area contributed by atoms with E-state index in [4.69, 9.17) is 0 Å². The van der Waals surface area contributed by atoms with E-state index in [1.165, 1.54) is 31.5 Å². The van der Waals surface area contributed by atoms with Crippen LogP contribution in [0, 0.1) is 0 Å². The van der Waals surface area contributed by atoms with E-state index < -0.39 is 0 Å². The van der Waals surface area contributed by atoms with Gasteiger partial charge >= 0.3 is 0 Å². The molecular weight excluding hydrogens is 250 g/mol. The summed E-state index contributed by atoms with van der Waals surface area (Å²) >= 11 is 0. The lowest BCUT2D eigenvalue weighted by Crippen LogP contribution is -2.43. The van der Waals surface area contributed by atoms with E-state index in [9.17, 15) is 0 Å². The Bertz CT molecular complexity index is 426. The molecule has 1 aliphatic rings. The maximum Gasteiger partial charge on any atom is 0.137 e. The molecule has 0 amide bonds. The molecule has 1 fully saturated rings. The maximum absolute atomic E-state index is 4.53. The Morgan fingerprint density at radius 1 is 1.30 bits per heavy atom. The van der Waals surface area contributed by atoms with E-state index in [0.29, 0.717) is 6.04 Å². The molecule has 1 N–H and O–H groups in total. The highest BCUT2D eigenvalue weighted by molar-refractivity contribution is 5.58. The van der Waals surface area contributed by atoms with Gasteiger partial charge in [-0.15, -0.1) is 0 Å². The summed E-state index contributed by atoms with van der Waals surface area (Å²) in [4.78, 5) is 13.7. The highest BCUT2D eigenvalue weighted by atomic mass is 15.2. The molecule has 20 heavy (non-hydrogen) atoms. The van der Waals surface area contributed by atoms with Crippen LogP contribution in [0.1, 0.15) is 32.3 Å². The number of nitrogens with one attached hydrogen (secondary N) is 1. The molecule has 0 aromatic carbocycles. The molecule has 0 atom stereocenters. The van der Waals surface area contributed by atoms with Crippen LogP contribution in [-0.2, 0) is 6.42 Å². The molecule has 2 heterocycles. The zero-order chi connectivity index (χ0) is 14.5. The minimum Gasteiger partial charge on any atom is -0.373 e. The second kappa shape index (κ2) is 6.88. The highest BCUT2D eigenvalue weighted by Gasteiger charge is 2.24. The average Bonchev–Trinajstić information content (AvgIpc) is 2.53. The Morgan fingerprint density at radius 3 is 2.55 bits per heavy atom. The molecule has 0 aliphatic carbocycles. The third-order valence-electron chi connectivity index (χ3n) is 4.40. The van der Waals surface area contributed by atoms with Crippen molar-refractivity contribution in [1.29, 1.82) is 0 Å². The molecule has 1 aromatic rings. The Balaban J connectivity index is 2.15. The van der Waals surface area contributed by atoms with Gasteiger partial charge in [0.15, 0.2) is 0 Å². The zero-order valence-electron chi connectivity index (χ0n) is 13.2. The van der Waals surface area contributed by atoms with Crippen molar-refractivity contribution in [2.45, 2.75) is 39.2 Å². The lowest BCUT2D eigenvalue weighted by molar-refractivity contribution is 0.220. The Morgan fingerprint density at radius 2 is 2.00 bits per heavy atom. The van der Waals surface area contributed by atoms with Gasteiger partial charge in [-0.3, -0.25) is 0 Å². The molecule has 1 aliphatic heterocycles. The van der Waals surface area contributed by atoms with E-state index in [-0.39, 0.29) is 0 Å². The molecule has 2 rings (SSSR count). The van der Waals surface area contributed by atoms with Gasteiger partial charge < -0.3 is 15.1 Å². The first-order valence-electron chi connectivity index (χ1n) is 7.68. The van der Waals surface area contributed by atoms with Gasteiger partial charge in [-0.2, -0.15) is 0 Å². The fraction of sp³-hybridized carbons (Fsp3) is 0.733. The van der Waals surface area contributed by atoms with E-state index in [1.807, 2.05) is 7.05 Å². The molecule has 5 heteroatoms. The van der Waals surface area contributed by atoms with E-state index in [2.05, 4.69) is 46.0 Å². The maximum atomic E-state index is 4.53. The number of anilines is 2. The summed E-state index contributed by atoms with van der Waals surface area (Å²) < 4.78 is 0. The lowest BCUT2D eigenvalue weighted by Gasteiger charge is -2.37. The fourth-order valence-electron chi connectivity index (χ4n) is 3.04. The van der Waals surface area contributed by atoms with Crippen LogP contribution in [0.3, 0.4) is 0 Å². The van der Waals surface area contributed by atoms with Crippen molar-refractivity contribution in [1.82, 2.24) is 14.9 Å². The van der Waals surface area contributed by atoms with Crippen LogP contribution in [0.2, 0.25) is 0 Å². The number of piperidine rings is 1. The molecule has 0 radical (unpaired) electrons. The van der Waals surface area contributed by atoms with Crippen LogP contribution in [-0.4, -0.2) is 54.6 Å². The van der Waals surface area contributed by atoms with Crippen molar-refractivity contribution in [3.63, 3.8) is 0 Å². The normalized spacial score (nSPS) is 17.2. The van der Waals surface area contributed by atoms with Crippen molar-refractivity contribution < 1.29 is 0 Å². The van der Waals surface area contributed by atoms with Gasteiger partial charge in [0.25, 0.3) is 0 Å². The van der Waals surface area contributed by atoms with Crippen molar-refractivity contribution in [2.24, 2.45) is 0 Å². The summed E-state index contributed by atoms with van der Waals surface area (Å²) in [6, 6.07) is 0.586. The Kier molecular flexibility index (Phi) is 5.17. The number of aromatic nitrogens is 2. The first-order valence-corrected chi connectivity index (χ1v) is 7.68. The summed E-state index contributed by atoms with van der Waals surface area (Å²) in [5.41, 5.74) is 1.22. The van der Waals surface area contributed by atoms with Crippen LogP contribution in [0.15, 0.2) is 6.33 Å². The summed E-state index contributed by atoms with van der Waals surface area (Å²) in [5.74, 6) is 2.04. The largest absolute Gasteiger partial charge is 0.373 e. The van der Waals surface area contributed by atoms with Crippen LogP contribution < -0.4 is 10.2 Å². The molecule has 112 valence electrons. The molecule has 5 nitrogen and oxygen atoms in total. The van der Waals surface area contributed by atoms with E-state index >= 15 is 0 Å². The van der Waals surface area contributed by atoms with Crippen molar-refractivity contribution in [3.05, 3.63) is 11.9 Å². The highest BCUT2D eigenvalue weighted by Crippen LogP contribution is 2.27. The summed E-state index contributed by atoms with van der Waals surface area (Å²) in [7, 11) is 4.10. The topological polar surface area (TPSA) is 44.3 Å². The molecule has 0 unspecified atom stereocenters. The first kappa shape index (κ1) is 15.0. The van der Waals surface area contributed by atoms with Gasteiger partial charge in [-0.1, -0.05) is 13.8 Å². The monoisotopic (exact) mass is 277 g/mol. The van der Waals surface area contributed by atoms with Gasteiger partial charge in [-0.25, -0.2) is 9.97 Å². The standard InChI is InChI=1S/C15H27N5/c1-5-13-14(16-3)17-11-18-15(13)19(4)12-7-9-20(6-2)10-8-12/h11-12H,5-10H2,1-4H3,(H,16,17,18). The second-order valence-corrected chi connectivity index (χ2v) is 5.40. The Hall–Kier alpha value is -1.36. The van der Waals surface area contributed by atoms with Crippen molar-refractivity contribution in [2.75, 3.05) is 43.9 Å². The first-order chi connectivity index (χ1) is 9.71. The van der Waals surface area contributed by atoms with Crippen LogP contribution in [0.25, 0.3) is 0 Å². The molecule has 0 saturated carbocycles. The SMILES string of the molecule is CCc1c(NC)ncnc1N(C)C1CCN(CC)CC1. The molecule has 1 aromatic heterocycles. The van der Waals surface area contributed by atoms with Crippen LogP contribution in [0.4, 0.5) is 11.6 Å². The summed E-state index contributed by atoms with van der Waals surface area (Å²) in [6.45, 7) is 7.95. The molecule has 0 spiro atoms. The third kappa shape index (κ3) is 3.03. The predicted molar refractivity (Wildman–Crippen MR) is 84.5 cm³/mol. The number of hydrogen-bond acceptors (Lipinski definition) is 5. The average molecular weight is 277 g/mol. The van der Waals surface area contributed by atoms with E-state index in [1.54, 1.807) is 6.33 Å². The van der Waals surface area contributed by atoms with Gasteiger partial charge in [0.05, 0.1) is 0 Å². The number of nitrogens with zero attached hydrogens (tertiary/aromatic N) is 4. The van der Waals surface area contributed by atoms with Crippen LogP contribution in [0.5, 0.6) is 0 Å². The van der Waals surface area contributed by atoms with Crippen molar-refractivity contribution in [3.8, 4) is 0 Å². The Labute approximate surface area is 122 Å². The van der Waals surface area contributed by atoms with Crippen molar-refractivity contribution >= 4 is 11.6 Å². The second-order valence-electron chi connectivity index (χ2n) is 5.40. The van der Waals surface area contributed by atoms with Gasteiger partial charge in [0.1, 0.15) is 18.0 Å². The third-order valence-corrected chi connectivity index (χ3v) is 4.40. The number of rotatable bonds is 5. The quantitative estimate of drug-likeness (QED) is 0.892. The number of likely N-dealkylation sites (tertiary alicyclic amines) is 1. The molecule has 1 saturated heterocycles. The van der Waals surface area contributed by atoms with Gasteiger partial charge in [0, 0.05) is 38.8 Å². The van der Waals surface area contributed by atoms with Gasteiger partial charge in [-0.05, 0) is 25.8 Å². The molecule has 0 bridgehead atoms. The minimum atomic E-state index is 0.586. The van der Waals surface area contributed by atoms with E-state index in [0.717, 1.165) is 24.6 Å². The lowest BCUT2D eigenvalue weighted by atomic mass is 10.0. The predicted octanol–water partition coefficient (Wildman–Crippen LogP) is 2.00.